The molecule has 6 heteroatoms. The van der Waals surface area contributed by atoms with Gasteiger partial charge in [0.2, 0.25) is 5.91 Å². The Morgan fingerprint density at radius 1 is 1.24 bits per heavy atom. The van der Waals surface area contributed by atoms with Gasteiger partial charge in [-0.1, -0.05) is 13.8 Å². The van der Waals surface area contributed by atoms with E-state index in [4.69, 9.17) is 5.73 Å². The molecule has 6 nitrogen and oxygen atoms in total. The number of rotatable bonds is 5. The topological polar surface area (TPSA) is 78.7 Å². The first-order valence-electron chi connectivity index (χ1n) is 7.87. The fraction of sp³-hybridized carbons (Fsp3) is 0.867. The van der Waals surface area contributed by atoms with Crippen molar-refractivity contribution in [2.75, 3.05) is 33.7 Å². The van der Waals surface area contributed by atoms with E-state index in [-0.39, 0.29) is 23.4 Å². The highest BCUT2D eigenvalue weighted by Gasteiger charge is 2.32. The van der Waals surface area contributed by atoms with Gasteiger partial charge in [0, 0.05) is 39.6 Å². The van der Waals surface area contributed by atoms with Crippen LogP contribution in [0.15, 0.2) is 0 Å². The molecule has 0 unspecified atom stereocenters. The van der Waals surface area contributed by atoms with Crippen LogP contribution in [0.2, 0.25) is 0 Å². The van der Waals surface area contributed by atoms with Gasteiger partial charge in [0.25, 0.3) is 0 Å². The van der Waals surface area contributed by atoms with Crippen LogP contribution >= 0.6 is 0 Å². The predicted molar refractivity (Wildman–Crippen MR) is 83.9 cm³/mol. The number of nitrogens with two attached hydrogens (primary N) is 1. The number of likely N-dealkylation sites (tertiary alicyclic amines) is 1. The van der Waals surface area contributed by atoms with Crippen LogP contribution in [-0.2, 0) is 4.79 Å². The summed E-state index contributed by atoms with van der Waals surface area (Å²) in [5.74, 6) is 0.0707. The molecule has 0 aromatic carbocycles. The molecule has 1 saturated heterocycles. The van der Waals surface area contributed by atoms with Gasteiger partial charge in [-0.15, -0.1) is 0 Å². The van der Waals surface area contributed by atoms with Crippen molar-refractivity contribution < 1.29 is 9.59 Å². The fourth-order valence-electron chi connectivity index (χ4n) is 2.75. The average Bonchev–Trinajstić information content (AvgIpc) is 2.52. The molecule has 3 N–H and O–H groups in total. The van der Waals surface area contributed by atoms with Crippen LogP contribution in [0.4, 0.5) is 4.79 Å². The second kappa shape index (κ2) is 7.64. The van der Waals surface area contributed by atoms with Gasteiger partial charge in [-0.25, -0.2) is 4.79 Å². The van der Waals surface area contributed by atoms with Crippen LogP contribution in [0, 0.1) is 5.92 Å². The van der Waals surface area contributed by atoms with Gasteiger partial charge in [0.1, 0.15) is 0 Å². The molecule has 0 bridgehead atoms. The lowest BCUT2D eigenvalue weighted by Gasteiger charge is -2.36. The molecular formula is C15H30N4O2. The maximum atomic E-state index is 12.4. The smallest absolute Gasteiger partial charge is 0.319 e. The molecule has 0 aromatic heterocycles. The van der Waals surface area contributed by atoms with E-state index >= 15 is 0 Å². The van der Waals surface area contributed by atoms with Crippen molar-refractivity contribution in [1.82, 2.24) is 15.1 Å². The van der Waals surface area contributed by atoms with Gasteiger partial charge in [-0.05, 0) is 25.7 Å². The van der Waals surface area contributed by atoms with E-state index in [9.17, 15) is 9.59 Å². The number of hydrogen-bond donors (Lipinski definition) is 2. The monoisotopic (exact) mass is 298 g/mol. The molecular weight excluding hydrogens is 268 g/mol. The molecule has 1 rings (SSSR count). The summed E-state index contributed by atoms with van der Waals surface area (Å²) in [4.78, 5) is 27.7. The van der Waals surface area contributed by atoms with Crippen LogP contribution in [-0.4, -0.2) is 61.0 Å². The van der Waals surface area contributed by atoms with Gasteiger partial charge in [0.05, 0.1) is 5.54 Å². The Labute approximate surface area is 128 Å². The summed E-state index contributed by atoms with van der Waals surface area (Å²) in [7, 11) is 3.50. The molecule has 0 aliphatic carbocycles. The normalized spacial score (nSPS) is 16.7. The Morgan fingerprint density at radius 3 is 2.14 bits per heavy atom. The lowest BCUT2D eigenvalue weighted by molar-refractivity contribution is -0.128. The van der Waals surface area contributed by atoms with E-state index in [2.05, 4.69) is 19.2 Å². The number of amides is 3. The van der Waals surface area contributed by atoms with Gasteiger partial charge in [-0.2, -0.15) is 0 Å². The van der Waals surface area contributed by atoms with Crippen LogP contribution in [0.3, 0.4) is 0 Å². The Morgan fingerprint density at radius 2 is 1.76 bits per heavy atom. The number of piperidine rings is 1. The van der Waals surface area contributed by atoms with Crippen molar-refractivity contribution in [3.8, 4) is 0 Å². The maximum Gasteiger partial charge on any atom is 0.319 e. The largest absolute Gasteiger partial charge is 0.349 e. The molecule has 0 atom stereocenters. The van der Waals surface area contributed by atoms with Crippen molar-refractivity contribution in [3.63, 3.8) is 0 Å². The highest BCUT2D eigenvalue weighted by Crippen LogP contribution is 2.21. The molecule has 21 heavy (non-hydrogen) atoms. The van der Waals surface area contributed by atoms with E-state index in [1.807, 2.05) is 0 Å². The van der Waals surface area contributed by atoms with Gasteiger partial charge in [-0.3, -0.25) is 4.79 Å². The van der Waals surface area contributed by atoms with E-state index in [0.29, 0.717) is 19.6 Å². The van der Waals surface area contributed by atoms with E-state index < -0.39 is 0 Å². The lowest BCUT2D eigenvalue weighted by atomic mass is 9.90. The first kappa shape index (κ1) is 17.8. The van der Waals surface area contributed by atoms with Gasteiger partial charge < -0.3 is 20.9 Å². The minimum atomic E-state index is -0.284. The number of nitrogens with zero attached hydrogens (tertiary/aromatic N) is 2. The zero-order valence-electron chi connectivity index (χ0n) is 13.8. The Balaban J connectivity index is 2.54. The quantitative estimate of drug-likeness (QED) is 0.795. The summed E-state index contributed by atoms with van der Waals surface area (Å²) in [5.41, 5.74) is 5.54. The van der Waals surface area contributed by atoms with Crippen LogP contribution in [0.5, 0.6) is 0 Å². The number of urea groups is 1. The van der Waals surface area contributed by atoms with Gasteiger partial charge in [0.15, 0.2) is 0 Å². The number of carbonyl (C=O) groups excluding carboxylic acids is 2. The highest BCUT2D eigenvalue weighted by molar-refractivity contribution is 5.80. The average molecular weight is 298 g/mol. The minimum Gasteiger partial charge on any atom is -0.349 e. The third-order valence-corrected chi connectivity index (χ3v) is 4.65. The molecule has 0 spiro atoms. The Bertz CT molecular complexity index is 350. The molecule has 1 heterocycles. The van der Waals surface area contributed by atoms with E-state index in [1.54, 1.807) is 23.9 Å². The van der Waals surface area contributed by atoms with E-state index in [0.717, 1.165) is 25.7 Å². The summed E-state index contributed by atoms with van der Waals surface area (Å²) in [6, 6.07) is 0.0206. The third-order valence-electron chi connectivity index (χ3n) is 4.65. The molecule has 3 amide bonds. The van der Waals surface area contributed by atoms with Gasteiger partial charge >= 0.3 is 6.03 Å². The Hall–Kier alpha value is -1.30. The Kier molecular flexibility index (Phi) is 6.45. The summed E-state index contributed by atoms with van der Waals surface area (Å²) < 4.78 is 0. The van der Waals surface area contributed by atoms with Crippen molar-refractivity contribution >= 4 is 11.9 Å². The molecule has 1 fully saturated rings. The molecule has 1 aliphatic heterocycles. The van der Waals surface area contributed by atoms with E-state index in [1.165, 1.54) is 0 Å². The summed E-state index contributed by atoms with van der Waals surface area (Å²) in [5, 5.41) is 3.14. The van der Waals surface area contributed by atoms with Crippen LogP contribution in [0.1, 0.15) is 39.5 Å². The molecule has 122 valence electrons. The lowest BCUT2D eigenvalue weighted by Crippen LogP contribution is -2.55. The molecule has 0 aromatic rings. The first-order chi connectivity index (χ1) is 9.89. The number of nitrogens with one attached hydrogen (secondary N) is 1. The molecule has 1 aliphatic rings. The standard InChI is InChI=1S/C15H30N4O2/c1-5-15(6-2,11-16)17-13(20)12-7-9-19(10-8-12)14(21)18(3)4/h12H,5-11,16H2,1-4H3,(H,17,20). The van der Waals surface area contributed by atoms with Crippen molar-refractivity contribution in [3.05, 3.63) is 0 Å². The first-order valence-corrected chi connectivity index (χ1v) is 7.87. The predicted octanol–water partition coefficient (Wildman–Crippen LogP) is 1.01. The minimum absolute atomic E-state index is 0.0137. The number of hydrogen-bond acceptors (Lipinski definition) is 3. The van der Waals surface area contributed by atoms with Crippen molar-refractivity contribution in [1.29, 1.82) is 0 Å². The highest BCUT2D eigenvalue weighted by atomic mass is 16.2. The second-order valence-corrected chi connectivity index (χ2v) is 6.12. The summed E-state index contributed by atoms with van der Waals surface area (Å²) >= 11 is 0. The van der Waals surface area contributed by atoms with Crippen molar-refractivity contribution in [2.45, 2.75) is 45.1 Å². The zero-order chi connectivity index (χ0) is 16.0. The second-order valence-electron chi connectivity index (χ2n) is 6.12. The third kappa shape index (κ3) is 4.33. The van der Waals surface area contributed by atoms with Crippen molar-refractivity contribution in [2.24, 2.45) is 11.7 Å². The SMILES string of the molecule is CCC(CC)(CN)NC(=O)C1CCN(C(=O)N(C)C)CC1. The fourth-order valence-corrected chi connectivity index (χ4v) is 2.75. The maximum absolute atomic E-state index is 12.4. The van der Waals surface area contributed by atoms with Crippen LogP contribution < -0.4 is 11.1 Å². The molecule has 0 saturated carbocycles. The number of carbonyl (C=O) groups is 2. The summed E-state index contributed by atoms with van der Waals surface area (Å²) in [6.45, 7) is 5.85. The van der Waals surface area contributed by atoms with Crippen LogP contribution in [0.25, 0.3) is 0 Å². The zero-order valence-corrected chi connectivity index (χ0v) is 13.8. The summed E-state index contributed by atoms with van der Waals surface area (Å²) in [6.07, 6.45) is 3.12. The molecule has 0 radical (unpaired) electrons.